The van der Waals surface area contributed by atoms with Crippen LogP contribution in [0, 0.1) is 0 Å². The molecule has 38 heavy (non-hydrogen) atoms. The molecule has 3 aromatic rings. The molecule has 5 rings (SSSR count). The Hall–Kier alpha value is -3.05. The predicted molar refractivity (Wildman–Crippen MR) is 149 cm³/mol. The minimum atomic E-state index is -3.03. The summed E-state index contributed by atoms with van der Waals surface area (Å²) in [6.45, 7) is 6.23. The van der Waals surface area contributed by atoms with Gasteiger partial charge in [0, 0.05) is 49.4 Å². The van der Waals surface area contributed by atoms with E-state index >= 15 is 0 Å². The zero-order valence-electron chi connectivity index (χ0n) is 22.0. The number of aromatic nitrogens is 3. The summed E-state index contributed by atoms with van der Waals surface area (Å²) >= 11 is 0. The first-order valence-corrected chi connectivity index (χ1v) is 15.1. The van der Waals surface area contributed by atoms with E-state index in [1.165, 1.54) is 11.8 Å². The topological polar surface area (TPSA) is 112 Å². The van der Waals surface area contributed by atoms with Crippen LogP contribution in [0.15, 0.2) is 36.7 Å². The van der Waals surface area contributed by atoms with E-state index in [0.717, 1.165) is 16.5 Å². The molecule has 2 aliphatic rings. The summed E-state index contributed by atoms with van der Waals surface area (Å²) < 4.78 is 38.1. The molecule has 2 saturated heterocycles. The van der Waals surface area contributed by atoms with Gasteiger partial charge >= 0.3 is 0 Å². The molecule has 2 fully saturated rings. The van der Waals surface area contributed by atoms with Gasteiger partial charge in [-0.3, -0.25) is 0 Å². The molecule has 0 aliphatic carbocycles. The molecular weight excluding hydrogens is 507 g/mol. The van der Waals surface area contributed by atoms with Gasteiger partial charge in [-0.25, -0.2) is 22.8 Å². The SMILES string of the molecule is CC(C)c1ccc(N2CCC(S(C)(=O)=O)CC2)c2cnc(Nc3ccnc(N4CC[C@H](O)[C@H](F)C4)n3)cc12. The number of hydrogen-bond acceptors (Lipinski definition) is 9. The molecule has 2 atom stereocenters. The monoisotopic (exact) mass is 542 g/mol. The van der Waals surface area contributed by atoms with Gasteiger partial charge in [-0.15, -0.1) is 0 Å². The number of aliphatic hydroxyl groups is 1. The lowest BCUT2D eigenvalue weighted by Crippen LogP contribution is -2.45. The zero-order chi connectivity index (χ0) is 27.0. The molecule has 2 aromatic heterocycles. The second-order valence-electron chi connectivity index (χ2n) is 10.6. The van der Waals surface area contributed by atoms with E-state index < -0.39 is 22.1 Å². The number of halogens is 1. The maximum atomic E-state index is 14.0. The number of rotatable bonds is 6. The summed E-state index contributed by atoms with van der Waals surface area (Å²) in [5.74, 6) is 1.89. The van der Waals surface area contributed by atoms with Crippen molar-refractivity contribution in [1.82, 2.24) is 15.0 Å². The number of aliphatic hydroxyl groups excluding tert-OH is 1. The highest BCUT2D eigenvalue weighted by Gasteiger charge is 2.29. The fraction of sp³-hybridized carbons (Fsp3) is 0.519. The average Bonchev–Trinajstić information content (AvgIpc) is 2.89. The highest BCUT2D eigenvalue weighted by atomic mass is 32.2. The van der Waals surface area contributed by atoms with Gasteiger partial charge in [-0.1, -0.05) is 19.9 Å². The van der Waals surface area contributed by atoms with Crippen molar-refractivity contribution in [1.29, 1.82) is 0 Å². The number of hydrogen-bond donors (Lipinski definition) is 2. The summed E-state index contributed by atoms with van der Waals surface area (Å²) in [6, 6.07) is 8.04. The smallest absolute Gasteiger partial charge is 0.227 e. The second kappa shape index (κ2) is 10.6. The van der Waals surface area contributed by atoms with Crippen molar-refractivity contribution in [3.05, 3.63) is 42.2 Å². The number of piperidine rings is 2. The van der Waals surface area contributed by atoms with Gasteiger partial charge in [0.05, 0.1) is 17.9 Å². The van der Waals surface area contributed by atoms with Gasteiger partial charge in [0.25, 0.3) is 0 Å². The molecule has 0 spiro atoms. The third kappa shape index (κ3) is 5.54. The summed E-state index contributed by atoms with van der Waals surface area (Å²) in [6.07, 6.45) is 4.12. The van der Waals surface area contributed by atoms with E-state index in [9.17, 15) is 17.9 Å². The van der Waals surface area contributed by atoms with Crippen LogP contribution < -0.4 is 15.1 Å². The Morgan fingerprint density at radius 2 is 1.76 bits per heavy atom. The molecule has 0 saturated carbocycles. The molecule has 9 nitrogen and oxygen atoms in total. The largest absolute Gasteiger partial charge is 0.390 e. The molecule has 0 amide bonds. The molecule has 2 N–H and O–H groups in total. The molecule has 2 aliphatic heterocycles. The normalized spacial score (nSPS) is 21.3. The Bertz CT molecular complexity index is 1410. The van der Waals surface area contributed by atoms with E-state index in [2.05, 4.69) is 51.1 Å². The Kier molecular flexibility index (Phi) is 7.41. The molecule has 0 unspecified atom stereocenters. The fourth-order valence-corrected chi connectivity index (χ4v) is 6.46. The number of nitrogens with one attached hydrogen (secondary N) is 1. The van der Waals surface area contributed by atoms with Crippen LogP contribution in [-0.2, 0) is 9.84 Å². The van der Waals surface area contributed by atoms with Gasteiger partial charge in [0.2, 0.25) is 5.95 Å². The zero-order valence-corrected chi connectivity index (χ0v) is 22.8. The van der Waals surface area contributed by atoms with Gasteiger partial charge in [-0.05, 0) is 54.3 Å². The maximum Gasteiger partial charge on any atom is 0.227 e. The van der Waals surface area contributed by atoms with Crippen LogP contribution in [-0.4, -0.2) is 78.4 Å². The number of nitrogens with zero attached hydrogens (tertiary/aromatic N) is 5. The lowest BCUT2D eigenvalue weighted by atomic mass is 9.95. The van der Waals surface area contributed by atoms with E-state index in [1.807, 2.05) is 12.3 Å². The number of anilines is 4. The van der Waals surface area contributed by atoms with Crippen molar-refractivity contribution in [3.8, 4) is 0 Å². The summed E-state index contributed by atoms with van der Waals surface area (Å²) in [7, 11) is -3.03. The first kappa shape index (κ1) is 26.6. The summed E-state index contributed by atoms with van der Waals surface area (Å²) in [4.78, 5) is 17.5. The quantitative estimate of drug-likeness (QED) is 0.480. The van der Waals surface area contributed by atoms with Crippen molar-refractivity contribution in [2.75, 3.05) is 47.6 Å². The lowest BCUT2D eigenvalue weighted by Gasteiger charge is -2.34. The number of fused-ring (bicyclic) bond motifs is 1. The lowest BCUT2D eigenvalue weighted by molar-refractivity contribution is 0.0612. The fourth-order valence-electron chi connectivity index (χ4n) is 5.39. The molecule has 204 valence electrons. The van der Waals surface area contributed by atoms with Gasteiger partial charge in [0.1, 0.15) is 27.6 Å². The van der Waals surface area contributed by atoms with Crippen LogP contribution in [0.5, 0.6) is 0 Å². The number of pyridine rings is 1. The van der Waals surface area contributed by atoms with E-state index in [0.29, 0.717) is 62.4 Å². The number of benzene rings is 1. The number of alkyl halides is 1. The standard InChI is InChI=1S/C27H35FN6O3S/c1-17(2)19-4-5-23(33-11-7-18(8-12-33)38(3,36)37)21-15-30-26(14-20(19)21)31-25-6-10-29-27(32-25)34-13-9-24(35)22(28)16-34/h4-6,10,14-15,17-18,22,24,35H,7-9,11-13,16H2,1-3H3,(H,29,30,31,32)/t22-,24+/m1/s1. The van der Waals surface area contributed by atoms with E-state index in [-0.39, 0.29) is 11.8 Å². The summed E-state index contributed by atoms with van der Waals surface area (Å²) in [5, 5.41) is 14.8. The number of sulfone groups is 1. The third-order valence-electron chi connectivity index (χ3n) is 7.61. The van der Waals surface area contributed by atoms with Crippen molar-refractivity contribution >= 4 is 43.9 Å². The Morgan fingerprint density at radius 3 is 2.45 bits per heavy atom. The summed E-state index contributed by atoms with van der Waals surface area (Å²) in [5.41, 5.74) is 2.26. The maximum absolute atomic E-state index is 14.0. The van der Waals surface area contributed by atoms with Gasteiger partial charge in [0.15, 0.2) is 0 Å². The van der Waals surface area contributed by atoms with E-state index in [1.54, 1.807) is 17.2 Å². The Morgan fingerprint density at radius 1 is 1.03 bits per heavy atom. The second-order valence-corrected chi connectivity index (χ2v) is 13.0. The van der Waals surface area contributed by atoms with Crippen LogP contribution in [0.1, 0.15) is 44.6 Å². The third-order valence-corrected chi connectivity index (χ3v) is 9.29. The first-order chi connectivity index (χ1) is 18.1. The molecular formula is C27H35FN6O3S. The van der Waals surface area contributed by atoms with Crippen molar-refractivity contribution in [3.63, 3.8) is 0 Å². The highest BCUT2D eigenvalue weighted by molar-refractivity contribution is 7.91. The molecule has 0 radical (unpaired) electrons. The minimum Gasteiger partial charge on any atom is -0.390 e. The Labute approximate surface area is 223 Å². The molecule has 0 bridgehead atoms. The van der Waals surface area contributed by atoms with Crippen LogP contribution >= 0.6 is 0 Å². The minimum absolute atomic E-state index is 0.0564. The average molecular weight is 543 g/mol. The van der Waals surface area contributed by atoms with Gasteiger partial charge < -0.3 is 20.2 Å². The molecule has 4 heterocycles. The van der Waals surface area contributed by atoms with Crippen LogP contribution in [0.3, 0.4) is 0 Å². The van der Waals surface area contributed by atoms with Gasteiger partial charge in [-0.2, -0.15) is 4.98 Å². The Balaban J connectivity index is 1.41. The first-order valence-electron chi connectivity index (χ1n) is 13.1. The van der Waals surface area contributed by atoms with E-state index in [4.69, 9.17) is 0 Å². The highest BCUT2D eigenvalue weighted by Crippen LogP contribution is 2.36. The predicted octanol–water partition coefficient (Wildman–Crippen LogP) is 3.81. The molecule has 1 aromatic carbocycles. The van der Waals surface area contributed by atoms with Crippen LogP contribution in [0.4, 0.5) is 27.7 Å². The van der Waals surface area contributed by atoms with Crippen molar-refractivity contribution in [2.45, 2.75) is 56.6 Å². The molecule has 11 heteroatoms. The van der Waals surface area contributed by atoms with Crippen LogP contribution in [0.2, 0.25) is 0 Å². The van der Waals surface area contributed by atoms with Crippen molar-refractivity contribution in [2.24, 2.45) is 0 Å². The van der Waals surface area contributed by atoms with Crippen molar-refractivity contribution < 1.29 is 17.9 Å². The van der Waals surface area contributed by atoms with Crippen LogP contribution in [0.25, 0.3) is 10.8 Å².